The fourth-order valence-corrected chi connectivity index (χ4v) is 6.30. The third kappa shape index (κ3) is 8.06. The highest BCUT2D eigenvalue weighted by atomic mass is 32.2. The molecule has 0 aromatic heterocycles. The second-order valence-electron chi connectivity index (χ2n) is 10.5. The minimum Gasteiger partial charge on any atom is -0.493 e. The Morgan fingerprint density at radius 1 is 0.975 bits per heavy atom. The molecule has 40 heavy (non-hydrogen) atoms. The van der Waals surface area contributed by atoms with Gasteiger partial charge in [0.15, 0.2) is 0 Å². The lowest BCUT2D eigenvalue weighted by molar-refractivity contribution is -0.136. The maximum absolute atomic E-state index is 13.1. The summed E-state index contributed by atoms with van der Waals surface area (Å²) in [6.07, 6.45) is 10.4. The number of hydrogen-bond donors (Lipinski definition) is 2. The van der Waals surface area contributed by atoms with E-state index in [1.807, 2.05) is 11.9 Å². The van der Waals surface area contributed by atoms with Crippen LogP contribution in [0.5, 0.6) is 5.75 Å². The van der Waals surface area contributed by atoms with E-state index in [0.29, 0.717) is 18.8 Å². The second kappa shape index (κ2) is 15.2. The molecule has 3 heterocycles. The zero-order valence-corrected chi connectivity index (χ0v) is 23.9. The van der Waals surface area contributed by atoms with E-state index >= 15 is 0 Å². The summed E-state index contributed by atoms with van der Waals surface area (Å²) in [4.78, 5) is 62.7. The van der Waals surface area contributed by atoms with E-state index < -0.39 is 29.7 Å². The van der Waals surface area contributed by atoms with Gasteiger partial charge in [-0.3, -0.25) is 38.5 Å². The first-order chi connectivity index (χ1) is 19.5. The van der Waals surface area contributed by atoms with Crippen LogP contribution in [0.25, 0.3) is 0 Å². The van der Waals surface area contributed by atoms with Gasteiger partial charge in [0.2, 0.25) is 17.7 Å². The molecule has 4 rings (SSSR count). The Bertz CT molecular complexity index is 1090. The van der Waals surface area contributed by atoms with Crippen molar-refractivity contribution in [3.05, 3.63) is 29.3 Å². The van der Waals surface area contributed by atoms with Gasteiger partial charge >= 0.3 is 0 Å². The fraction of sp³-hybridized carbons (Fsp3) is 0.621. The number of carbonyl (C=O) groups is 5. The molecule has 2 N–H and O–H groups in total. The Hall–Kier alpha value is -2.92. The van der Waals surface area contributed by atoms with Gasteiger partial charge in [0.1, 0.15) is 11.8 Å². The van der Waals surface area contributed by atoms with Crippen LogP contribution >= 0.6 is 11.9 Å². The number of piperidine rings is 2. The average Bonchev–Trinajstić information content (AvgIpc) is 3.21. The Morgan fingerprint density at radius 3 is 2.50 bits per heavy atom. The van der Waals surface area contributed by atoms with Gasteiger partial charge in [-0.1, -0.05) is 50.1 Å². The normalized spacial score (nSPS) is 19.5. The second-order valence-corrected chi connectivity index (χ2v) is 11.7. The van der Waals surface area contributed by atoms with Crippen LogP contribution in [0.1, 0.15) is 97.8 Å². The maximum atomic E-state index is 13.1. The van der Waals surface area contributed by atoms with Crippen molar-refractivity contribution < 1.29 is 28.7 Å². The number of rotatable bonds is 15. The summed E-state index contributed by atoms with van der Waals surface area (Å²) in [6.45, 7) is 3.45. The number of nitrogens with one attached hydrogen (secondary N) is 2. The van der Waals surface area contributed by atoms with Crippen molar-refractivity contribution in [3.8, 4) is 5.75 Å². The Balaban J connectivity index is 1.07. The SMILES string of the molecule is O=C(CCCCCCCCOc1cccc2c1C(=O)N(C1CCC(=O)NC1=O)C2=O)NCCSN1CCCCC1. The van der Waals surface area contributed by atoms with Crippen LogP contribution in [-0.2, 0) is 14.4 Å². The van der Waals surface area contributed by atoms with Crippen LogP contribution in [0.4, 0.5) is 0 Å². The molecular weight excluding hydrogens is 532 g/mol. The predicted molar refractivity (Wildman–Crippen MR) is 152 cm³/mol. The molecule has 1 aromatic carbocycles. The van der Waals surface area contributed by atoms with Gasteiger partial charge in [-0.15, -0.1) is 0 Å². The van der Waals surface area contributed by atoms with E-state index in [2.05, 4.69) is 14.9 Å². The van der Waals surface area contributed by atoms with Crippen molar-refractivity contribution >= 4 is 41.5 Å². The summed E-state index contributed by atoms with van der Waals surface area (Å²) in [5, 5.41) is 5.22. The van der Waals surface area contributed by atoms with Crippen molar-refractivity contribution in [1.82, 2.24) is 19.8 Å². The molecule has 2 fully saturated rings. The summed E-state index contributed by atoms with van der Waals surface area (Å²) in [5.74, 6) is -0.725. The predicted octanol–water partition coefficient (Wildman–Crippen LogP) is 3.45. The first-order valence-electron chi connectivity index (χ1n) is 14.6. The van der Waals surface area contributed by atoms with E-state index in [9.17, 15) is 24.0 Å². The van der Waals surface area contributed by atoms with Gasteiger partial charge in [-0.2, -0.15) is 0 Å². The molecule has 0 saturated carbocycles. The van der Waals surface area contributed by atoms with E-state index in [1.165, 1.54) is 19.3 Å². The monoisotopic (exact) mass is 572 g/mol. The summed E-state index contributed by atoms with van der Waals surface area (Å²) < 4.78 is 8.29. The number of carbonyl (C=O) groups excluding carboxylic acids is 5. The molecule has 5 amide bonds. The van der Waals surface area contributed by atoms with Crippen LogP contribution in [0.15, 0.2) is 18.2 Å². The highest BCUT2D eigenvalue weighted by molar-refractivity contribution is 7.97. The molecule has 10 nitrogen and oxygen atoms in total. The van der Waals surface area contributed by atoms with Crippen LogP contribution in [0.3, 0.4) is 0 Å². The van der Waals surface area contributed by atoms with Crippen molar-refractivity contribution in [2.24, 2.45) is 0 Å². The lowest BCUT2D eigenvalue weighted by Crippen LogP contribution is -2.54. The zero-order valence-electron chi connectivity index (χ0n) is 23.1. The van der Waals surface area contributed by atoms with E-state index in [1.54, 1.807) is 18.2 Å². The number of fused-ring (bicyclic) bond motifs is 1. The van der Waals surface area contributed by atoms with Crippen LogP contribution in [-0.4, -0.2) is 76.8 Å². The van der Waals surface area contributed by atoms with Gasteiger partial charge < -0.3 is 10.1 Å². The fourth-order valence-electron chi connectivity index (χ4n) is 5.33. The number of hydrogen-bond acceptors (Lipinski definition) is 8. The van der Waals surface area contributed by atoms with Gasteiger partial charge in [-0.25, -0.2) is 0 Å². The highest BCUT2D eigenvalue weighted by Crippen LogP contribution is 2.33. The van der Waals surface area contributed by atoms with Gasteiger partial charge in [0, 0.05) is 38.2 Å². The third-order valence-corrected chi connectivity index (χ3v) is 8.62. The first-order valence-corrected chi connectivity index (χ1v) is 15.5. The molecule has 2 saturated heterocycles. The lowest BCUT2D eigenvalue weighted by Gasteiger charge is -2.27. The van der Waals surface area contributed by atoms with E-state index in [4.69, 9.17) is 4.74 Å². The van der Waals surface area contributed by atoms with Gasteiger partial charge in [0.05, 0.1) is 17.7 Å². The van der Waals surface area contributed by atoms with Gasteiger partial charge in [-0.05, 0) is 44.2 Å². The Labute approximate surface area is 240 Å². The van der Waals surface area contributed by atoms with E-state index in [0.717, 1.165) is 68.8 Å². The number of benzene rings is 1. The topological polar surface area (TPSA) is 125 Å². The molecular formula is C29H40N4O6S. The van der Waals surface area contributed by atoms with Gasteiger partial charge in [0.25, 0.3) is 11.8 Å². The molecule has 0 aliphatic carbocycles. The van der Waals surface area contributed by atoms with Crippen molar-refractivity contribution in [2.45, 2.75) is 83.1 Å². The number of unbranched alkanes of at least 4 members (excludes halogenated alkanes) is 5. The number of amides is 5. The molecule has 0 bridgehead atoms. The van der Waals surface area contributed by atoms with Crippen LogP contribution in [0.2, 0.25) is 0 Å². The molecule has 218 valence electrons. The minimum absolute atomic E-state index is 0.0819. The Morgan fingerprint density at radius 2 is 1.73 bits per heavy atom. The molecule has 1 unspecified atom stereocenters. The molecule has 0 spiro atoms. The van der Waals surface area contributed by atoms with Crippen LogP contribution < -0.4 is 15.4 Å². The van der Waals surface area contributed by atoms with E-state index in [-0.39, 0.29) is 29.9 Å². The number of imide groups is 2. The number of nitrogens with zero attached hydrogens (tertiary/aromatic N) is 2. The molecule has 1 atom stereocenters. The lowest BCUT2D eigenvalue weighted by atomic mass is 10.0. The quantitative estimate of drug-likeness (QED) is 0.186. The molecule has 0 radical (unpaired) electrons. The largest absolute Gasteiger partial charge is 0.493 e. The summed E-state index contributed by atoms with van der Waals surface area (Å²) in [7, 11) is 0. The molecule has 3 aliphatic heterocycles. The smallest absolute Gasteiger partial charge is 0.266 e. The third-order valence-electron chi connectivity index (χ3n) is 7.50. The van der Waals surface area contributed by atoms with Crippen molar-refractivity contribution in [1.29, 1.82) is 0 Å². The molecule has 1 aromatic rings. The van der Waals surface area contributed by atoms with Crippen molar-refractivity contribution in [2.75, 3.05) is 32.0 Å². The average molecular weight is 573 g/mol. The summed E-state index contributed by atoms with van der Waals surface area (Å²) in [5.41, 5.74) is 0.401. The van der Waals surface area contributed by atoms with Crippen molar-refractivity contribution in [3.63, 3.8) is 0 Å². The Kier molecular flexibility index (Phi) is 11.4. The first kappa shape index (κ1) is 30.0. The van der Waals surface area contributed by atoms with Crippen LogP contribution in [0, 0.1) is 0 Å². The standard InChI is InChI=1S/C29H40N4O6S/c34-24(30-16-20-40-32-17-7-5-8-18-32)13-6-3-1-2-4-9-19-39-23-12-10-11-21-26(23)29(38)33(28(21)37)22-14-15-25(35)31-27(22)36/h10-12,22H,1-9,13-20H2,(H,30,34)(H,31,35,36). The molecule has 11 heteroatoms. The summed E-state index contributed by atoms with van der Waals surface area (Å²) in [6, 6.07) is 3.89. The highest BCUT2D eigenvalue weighted by Gasteiger charge is 2.45. The zero-order chi connectivity index (χ0) is 28.3. The summed E-state index contributed by atoms with van der Waals surface area (Å²) >= 11 is 1.84. The number of ether oxygens (including phenoxy) is 1. The molecule has 3 aliphatic rings. The maximum Gasteiger partial charge on any atom is 0.266 e. The minimum atomic E-state index is -0.993.